The SMILES string of the molecule is CCN(C)[C@H](C(=O)OC)C(C)C. The third kappa shape index (κ3) is 2.81. The molecule has 0 fully saturated rings. The predicted molar refractivity (Wildman–Crippen MR) is 48.9 cm³/mol. The zero-order chi connectivity index (χ0) is 9.72. The van der Waals surface area contributed by atoms with Crippen molar-refractivity contribution in [3.8, 4) is 0 Å². The molecule has 0 saturated carbocycles. The number of hydrogen-bond donors (Lipinski definition) is 0. The van der Waals surface area contributed by atoms with Gasteiger partial charge in [0.15, 0.2) is 0 Å². The molecule has 0 saturated heterocycles. The minimum Gasteiger partial charge on any atom is -0.468 e. The number of likely N-dealkylation sites (N-methyl/N-ethyl adjacent to an activating group) is 1. The molecule has 0 aromatic carbocycles. The molecule has 0 aromatic rings. The van der Waals surface area contributed by atoms with E-state index in [-0.39, 0.29) is 12.0 Å². The molecule has 0 radical (unpaired) electrons. The van der Waals surface area contributed by atoms with Crippen LogP contribution in [-0.2, 0) is 9.53 Å². The second kappa shape index (κ2) is 5.14. The quantitative estimate of drug-likeness (QED) is 0.597. The number of hydrogen-bond acceptors (Lipinski definition) is 3. The van der Waals surface area contributed by atoms with Crippen molar-refractivity contribution in [3.63, 3.8) is 0 Å². The van der Waals surface area contributed by atoms with Crippen LogP contribution in [0.2, 0.25) is 0 Å². The Morgan fingerprint density at radius 3 is 2.25 bits per heavy atom. The maximum absolute atomic E-state index is 11.3. The Kier molecular flexibility index (Phi) is 4.90. The van der Waals surface area contributed by atoms with Crippen LogP contribution in [0.1, 0.15) is 20.8 Å². The van der Waals surface area contributed by atoms with Gasteiger partial charge < -0.3 is 4.74 Å². The third-order valence-corrected chi connectivity index (χ3v) is 2.05. The minimum absolute atomic E-state index is 0.111. The molecule has 12 heavy (non-hydrogen) atoms. The lowest BCUT2D eigenvalue weighted by molar-refractivity contribution is -0.148. The van der Waals surface area contributed by atoms with E-state index in [1.807, 2.05) is 32.7 Å². The second-order valence-corrected chi connectivity index (χ2v) is 3.29. The molecule has 0 unspecified atom stereocenters. The largest absolute Gasteiger partial charge is 0.468 e. The van der Waals surface area contributed by atoms with Gasteiger partial charge in [-0.15, -0.1) is 0 Å². The second-order valence-electron chi connectivity index (χ2n) is 3.29. The van der Waals surface area contributed by atoms with E-state index in [4.69, 9.17) is 4.74 Å². The van der Waals surface area contributed by atoms with Crippen LogP contribution in [-0.4, -0.2) is 37.6 Å². The summed E-state index contributed by atoms with van der Waals surface area (Å²) in [5.41, 5.74) is 0. The number of esters is 1. The van der Waals surface area contributed by atoms with Gasteiger partial charge in [-0.05, 0) is 19.5 Å². The molecule has 0 aliphatic heterocycles. The Balaban J connectivity index is 4.32. The van der Waals surface area contributed by atoms with Gasteiger partial charge in [-0.25, -0.2) is 0 Å². The maximum atomic E-state index is 11.3. The standard InChI is InChI=1S/C9H19NO2/c1-6-10(4)8(7(2)3)9(11)12-5/h7-8H,6H2,1-5H3/t8-/m0/s1. The molecule has 1 atom stereocenters. The van der Waals surface area contributed by atoms with Gasteiger partial charge in [0, 0.05) is 0 Å². The lowest BCUT2D eigenvalue weighted by atomic mass is 10.0. The minimum atomic E-state index is -0.144. The molecular weight excluding hydrogens is 154 g/mol. The van der Waals surface area contributed by atoms with Gasteiger partial charge in [-0.1, -0.05) is 20.8 Å². The summed E-state index contributed by atoms with van der Waals surface area (Å²) in [4.78, 5) is 13.3. The summed E-state index contributed by atoms with van der Waals surface area (Å²) in [6.45, 7) is 6.93. The Labute approximate surface area is 74.7 Å². The summed E-state index contributed by atoms with van der Waals surface area (Å²) in [5.74, 6) is 0.150. The first-order chi connectivity index (χ1) is 5.54. The summed E-state index contributed by atoms with van der Waals surface area (Å²) in [6, 6.07) is -0.111. The van der Waals surface area contributed by atoms with E-state index in [0.29, 0.717) is 5.92 Å². The smallest absolute Gasteiger partial charge is 0.323 e. The Bertz CT molecular complexity index is 145. The number of carbonyl (C=O) groups excluding carboxylic acids is 1. The highest BCUT2D eigenvalue weighted by atomic mass is 16.5. The van der Waals surface area contributed by atoms with Crippen molar-refractivity contribution in [2.75, 3.05) is 20.7 Å². The number of rotatable bonds is 4. The van der Waals surface area contributed by atoms with Gasteiger partial charge in [0.05, 0.1) is 7.11 Å². The summed E-state index contributed by atoms with van der Waals surface area (Å²) in [7, 11) is 3.36. The van der Waals surface area contributed by atoms with Crippen LogP contribution >= 0.6 is 0 Å². The van der Waals surface area contributed by atoms with Gasteiger partial charge in [0.25, 0.3) is 0 Å². The van der Waals surface area contributed by atoms with Crippen molar-refractivity contribution >= 4 is 5.97 Å². The molecule has 72 valence electrons. The molecule has 0 amide bonds. The van der Waals surface area contributed by atoms with Crippen molar-refractivity contribution in [1.29, 1.82) is 0 Å². The zero-order valence-electron chi connectivity index (χ0n) is 8.63. The zero-order valence-corrected chi connectivity index (χ0v) is 8.63. The number of methoxy groups -OCH3 is 1. The first kappa shape index (κ1) is 11.4. The van der Waals surface area contributed by atoms with E-state index in [1.54, 1.807) is 0 Å². The lowest BCUT2D eigenvalue weighted by Crippen LogP contribution is -2.42. The Morgan fingerprint density at radius 1 is 1.50 bits per heavy atom. The van der Waals surface area contributed by atoms with Gasteiger partial charge in [-0.3, -0.25) is 9.69 Å². The average molecular weight is 173 g/mol. The summed E-state index contributed by atoms with van der Waals surface area (Å²) >= 11 is 0. The van der Waals surface area contributed by atoms with E-state index in [2.05, 4.69) is 0 Å². The topological polar surface area (TPSA) is 29.5 Å². The highest BCUT2D eigenvalue weighted by Gasteiger charge is 2.25. The number of ether oxygens (including phenoxy) is 1. The Morgan fingerprint density at radius 2 is 2.00 bits per heavy atom. The van der Waals surface area contributed by atoms with Crippen LogP contribution < -0.4 is 0 Å². The molecule has 0 bridgehead atoms. The van der Waals surface area contributed by atoms with Crippen LogP contribution in [0.15, 0.2) is 0 Å². The molecule has 0 aliphatic rings. The van der Waals surface area contributed by atoms with Gasteiger partial charge in [0.2, 0.25) is 0 Å². The normalized spacial score (nSPS) is 13.6. The van der Waals surface area contributed by atoms with Crippen molar-refractivity contribution < 1.29 is 9.53 Å². The monoisotopic (exact) mass is 173 g/mol. The van der Waals surface area contributed by atoms with E-state index < -0.39 is 0 Å². The lowest BCUT2D eigenvalue weighted by Gasteiger charge is -2.27. The first-order valence-corrected chi connectivity index (χ1v) is 4.32. The van der Waals surface area contributed by atoms with Crippen molar-refractivity contribution in [2.45, 2.75) is 26.8 Å². The molecule has 0 aromatic heterocycles. The van der Waals surface area contributed by atoms with Gasteiger partial charge >= 0.3 is 5.97 Å². The molecule has 0 spiro atoms. The first-order valence-electron chi connectivity index (χ1n) is 4.32. The van der Waals surface area contributed by atoms with E-state index in [0.717, 1.165) is 6.54 Å². The fraction of sp³-hybridized carbons (Fsp3) is 0.889. The average Bonchev–Trinajstić information content (AvgIpc) is 2.03. The third-order valence-electron chi connectivity index (χ3n) is 2.05. The van der Waals surface area contributed by atoms with Crippen molar-refractivity contribution in [2.24, 2.45) is 5.92 Å². The molecule has 0 heterocycles. The summed E-state index contributed by atoms with van der Waals surface area (Å²) < 4.78 is 4.72. The fourth-order valence-electron chi connectivity index (χ4n) is 1.28. The van der Waals surface area contributed by atoms with Crippen molar-refractivity contribution in [1.82, 2.24) is 4.90 Å². The van der Waals surface area contributed by atoms with Crippen LogP contribution in [0, 0.1) is 5.92 Å². The van der Waals surface area contributed by atoms with Gasteiger partial charge in [0.1, 0.15) is 6.04 Å². The van der Waals surface area contributed by atoms with Crippen LogP contribution in [0.5, 0.6) is 0 Å². The molecule has 3 nitrogen and oxygen atoms in total. The molecule has 0 aliphatic carbocycles. The van der Waals surface area contributed by atoms with E-state index in [9.17, 15) is 4.79 Å². The van der Waals surface area contributed by atoms with Crippen LogP contribution in [0.3, 0.4) is 0 Å². The maximum Gasteiger partial charge on any atom is 0.323 e. The highest BCUT2D eigenvalue weighted by Crippen LogP contribution is 2.09. The summed E-state index contributed by atoms with van der Waals surface area (Å²) in [5, 5.41) is 0. The fourth-order valence-corrected chi connectivity index (χ4v) is 1.28. The Hall–Kier alpha value is -0.570. The van der Waals surface area contributed by atoms with E-state index >= 15 is 0 Å². The number of carbonyl (C=O) groups is 1. The highest BCUT2D eigenvalue weighted by molar-refractivity contribution is 5.75. The summed E-state index contributed by atoms with van der Waals surface area (Å²) in [6.07, 6.45) is 0. The molecule has 0 rings (SSSR count). The van der Waals surface area contributed by atoms with Crippen LogP contribution in [0.4, 0.5) is 0 Å². The molecule has 0 N–H and O–H groups in total. The number of nitrogens with zero attached hydrogens (tertiary/aromatic N) is 1. The van der Waals surface area contributed by atoms with Crippen molar-refractivity contribution in [3.05, 3.63) is 0 Å². The van der Waals surface area contributed by atoms with E-state index in [1.165, 1.54) is 7.11 Å². The molecule has 3 heteroatoms. The van der Waals surface area contributed by atoms with Gasteiger partial charge in [-0.2, -0.15) is 0 Å². The predicted octanol–water partition coefficient (Wildman–Crippen LogP) is 1.14. The molecular formula is C9H19NO2. The van der Waals surface area contributed by atoms with Crippen LogP contribution in [0.25, 0.3) is 0 Å².